The maximum atomic E-state index is 13.3. The van der Waals surface area contributed by atoms with Crippen LogP contribution in [0, 0.1) is 6.92 Å². The van der Waals surface area contributed by atoms with Crippen LogP contribution in [0.3, 0.4) is 0 Å². The van der Waals surface area contributed by atoms with Crippen LogP contribution in [0.15, 0.2) is 88.9 Å². The van der Waals surface area contributed by atoms with Crippen molar-refractivity contribution in [2.45, 2.75) is 29.1 Å². The molecule has 6 nitrogen and oxygen atoms in total. The molecule has 36 heavy (non-hydrogen) atoms. The van der Waals surface area contributed by atoms with E-state index < -0.39 is 5.25 Å². The molecule has 0 saturated heterocycles. The molecule has 0 aliphatic carbocycles. The van der Waals surface area contributed by atoms with E-state index in [1.807, 2.05) is 92.7 Å². The summed E-state index contributed by atoms with van der Waals surface area (Å²) < 4.78 is 4.29. The minimum Gasteiger partial charge on any atom is -0.332 e. The van der Waals surface area contributed by atoms with Gasteiger partial charge in [-0.25, -0.2) is 0 Å². The molecule has 10 heteroatoms. The van der Waals surface area contributed by atoms with Gasteiger partial charge < -0.3 is 10.6 Å². The van der Waals surface area contributed by atoms with Crippen LogP contribution in [0.1, 0.15) is 23.3 Å². The number of nitrogens with one attached hydrogen (secondary N) is 3. The average Bonchev–Trinajstić information content (AvgIpc) is 3.31. The molecule has 1 amide bonds. The molecule has 0 aliphatic rings. The predicted octanol–water partition coefficient (Wildman–Crippen LogP) is 7.24. The third-order valence-electron chi connectivity index (χ3n) is 4.91. The van der Waals surface area contributed by atoms with Gasteiger partial charge in [0.25, 0.3) is 0 Å². The molecule has 0 saturated carbocycles. The molecule has 0 aliphatic heterocycles. The number of hydrogen-bond donors (Lipinski definition) is 3. The van der Waals surface area contributed by atoms with E-state index in [1.165, 1.54) is 28.9 Å². The zero-order chi connectivity index (χ0) is 25.3. The van der Waals surface area contributed by atoms with Crippen LogP contribution in [-0.4, -0.2) is 26.1 Å². The van der Waals surface area contributed by atoms with Crippen molar-refractivity contribution in [3.05, 3.63) is 90.0 Å². The average molecular weight is 552 g/mol. The van der Waals surface area contributed by atoms with Crippen molar-refractivity contribution < 1.29 is 4.79 Å². The second kappa shape index (κ2) is 12.9. The van der Waals surface area contributed by atoms with E-state index in [4.69, 9.17) is 12.2 Å². The Labute approximate surface area is 228 Å². The first-order chi connectivity index (χ1) is 17.5. The van der Waals surface area contributed by atoms with Crippen molar-refractivity contribution in [2.24, 2.45) is 0 Å². The Balaban J connectivity index is 1.47. The van der Waals surface area contributed by atoms with Crippen molar-refractivity contribution in [1.82, 2.24) is 9.36 Å². The highest BCUT2D eigenvalue weighted by Crippen LogP contribution is 2.37. The second-order valence-corrected chi connectivity index (χ2v) is 11.3. The Kier molecular flexibility index (Phi) is 9.35. The van der Waals surface area contributed by atoms with Gasteiger partial charge in [-0.05, 0) is 60.8 Å². The lowest BCUT2D eigenvalue weighted by Crippen LogP contribution is -2.19. The van der Waals surface area contributed by atoms with Crippen molar-refractivity contribution in [2.75, 3.05) is 21.7 Å². The van der Waals surface area contributed by atoms with Crippen molar-refractivity contribution in [1.29, 1.82) is 0 Å². The zero-order valence-corrected chi connectivity index (χ0v) is 23.0. The highest BCUT2D eigenvalue weighted by atomic mass is 32.2. The van der Waals surface area contributed by atoms with Crippen LogP contribution < -0.4 is 16.0 Å². The van der Waals surface area contributed by atoms with Gasteiger partial charge >= 0.3 is 0 Å². The van der Waals surface area contributed by atoms with E-state index in [9.17, 15) is 4.79 Å². The van der Waals surface area contributed by atoms with Gasteiger partial charge in [-0.1, -0.05) is 72.8 Å². The van der Waals surface area contributed by atoms with Gasteiger partial charge in [-0.15, -0.1) is 11.8 Å². The van der Waals surface area contributed by atoms with E-state index in [0.717, 1.165) is 27.6 Å². The fourth-order valence-electron chi connectivity index (χ4n) is 3.23. The highest BCUT2D eigenvalue weighted by Gasteiger charge is 2.23. The number of carbonyl (C=O) groups excluding carboxylic acids is 1. The fourth-order valence-corrected chi connectivity index (χ4v) is 5.83. The third-order valence-corrected chi connectivity index (χ3v) is 7.83. The number of hydrogen-bond acceptors (Lipinski definition) is 7. The van der Waals surface area contributed by atoms with Gasteiger partial charge in [0.1, 0.15) is 5.25 Å². The van der Waals surface area contributed by atoms with Gasteiger partial charge in [-0.3, -0.25) is 10.1 Å². The van der Waals surface area contributed by atoms with Crippen LogP contribution in [-0.2, 0) is 4.79 Å². The van der Waals surface area contributed by atoms with Crippen molar-refractivity contribution in [3.8, 4) is 0 Å². The standard InChI is InChI=1S/C26H25N5OS4/c1-3-34-26-30-25(36-31-26)29-23(32)22(18-8-5-4-6-9-18)35-21-11-7-10-20(16-21)28-24(33)27-19-14-12-17(2)13-15-19/h4-16,22H,3H2,1-2H3,(H2,27,28,33)(H,29,30,31,32). The Hall–Kier alpha value is -2.92. The first-order valence-electron chi connectivity index (χ1n) is 11.2. The number of thiocarbonyl (C=S) groups is 1. The van der Waals surface area contributed by atoms with Crippen LogP contribution in [0.2, 0.25) is 0 Å². The first-order valence-corrected chi connectivity index (χ1v) is 14.3. The summed E-state index contributed by atoms with van der Waals surface area (Å²) in [4.78, 5) is 18.7. The molecular formula is C26H25N5OS4. The first kappa shape index (κ1) is 26.2. The topological polar surface area (TPSA) is 78.9 Å². The summed E-state index contributed by atoms with van der Waals surface area (Å²) >= 11 is 9.70. The zero-order valence-electron chi connectivity index (χ0n) is 19.7. The SMILES string of the molecule is CCSc1nsc(NC(=O)C(Sc2cccc(NC(=S)Nc3ccc(C)cc3)c2)c2ccccc2)n1. The van der Waals surface area contributed by atoms with E-state index in [-0.39, 0.29) is 5.91 Å². The van der Waals surface area contributed by atoms with Crippen molar-refractivity contribution >= 4 is 74.8 Å². The summed E-state index contributed by atoms with van der Waals surface area (Å²) in [7, 11) is 0. The molecule has 1 heterocycles. The molecule has 3 aromatic carbocycles. The molecule has 1 unspecified atom stereocenters. The van der Waals surface area contributed by atoms with Crippen LogP contribution in [0.25, 0.3) is 0 Å². The molecule has 0 fully saturated rings. The predicted molar refractivity (Wildman–Crippen MR) is 157 cm³/mol. The number of carbonyl (C=O) groups is 1. The molecule has 0 bridgehead atoms. The largest absolute Gasteiger partial charge is 0.332 e. The summed E-state index contributed by atoms with van der Waals surface area (Å²) in [6, 6.07) is 25.6. The number of amides is 1. The Morgan fingerprint density at radius 2 is 1.72 bits per heavy atom. The number of aromatic nitrogens is 2. The molecule has 4 rings (SSSR count). The van der Waals surface area contributed by atoms with Gasteiger partial charge in [0, 0.05) is 27.8 Å². The molecule has 1 atom stereocenters. The Morgan fingerprint density at radius 1 is 0.972 bits per heavy atom. The smallest absolute Gasteiger partial charge is 0.244 e. The fraction of sp³-hybridized carbons (Fsp3) is 0.154. The maximum Gasteiger partial charge on any atom is 0.244 e. The Morgan fingerprint density at radius 3 is 2.47 bits per heavy atom. The van der Waals surface area contributed by atoms with Crippen molar-refractivity contribution in [3.63, 3.8) is 0 Å². The normalized spacial score (nSPS) is 11.5. The quantitative estimate of drug-likeness (QED) is 0.148. The van der Waals surface area contributed by atoms with Gasteiger partial charge in [-0.2, -0.15) is 9.36 Å². The summed E-state index contributed by atoms with van der Waals surface area (Å²) in [5.74, 6) is 0.728. The summed E-state index contributed by atoms with van der Waals surface area (Å²) in [6.45, 7) is 4.09. The molecule has 4 aromatic rings. The number of rotatable bonds is 9. The molecule has 0 radical (unpaired) electrons. The molecule has 3 N–H and O–H groups in total. The third kappa shape index (κ3) is 7.54. The Bertz CT molecular complexity index is 1310. The van der Waals surface area contributed by atoms with Gasteiger partial charge in [0.2, 0.25) is 16.2 Å². The number of nitrogens with zero attached hydrogens (tertiary/aromatic N) is 2. The van der Waals surface area contributed by atoms with Crippen LogP contribution >= 0.6 is 47.3 Å². The van der Waals surface area contributed by atoms with Gasteiger partial charge in [0.15, 0.2) is 5.11 Å². The lowest BCUT2D eigenvalue weighted by Gasteiger charge is -2.17. The van der Waals surface area contributed by atoms with E-state index in [0.29, 0.717) is 15.4 Å². The summed E-state index contributed by atoms with van der Waals surface area (Å²) in [6.07, 6.45) is 0. The summed E-state index contributed by atoms with van der Waals surface area (Å²) in [5.41, 5.74) is 3.85. The van der Waals surface area contributed by atoms with Crippen LogP contribution in [0.5, 0.6) is 0 Å². The molecule has 0 spiro atoms. The summed E-state index contributed by atoms with van der Waals surface area (Å²) in [5, 5.41) is 10.6. The highest BCUT2D eigenvalue weighted by molar-refractivity contribution is 8.00. The van der Waals surface area contributed by atoms with Gasteiger partial charge in [0.05, 0.1) is 0 Å². The number of thioether (sulfide) groups is 2. The maximum absolute atomic E-state index is 13.3. The monoisotopic (exact) mass is 551 g/mol. The number of benzene rings is 3. The minimum absolute atomic E-state index is 0.148. The molecule has 1 aromatic heterocycles. The lowest BCUT2D eigenvalue weighted by atomic mass is 10.1. The lowest BCUT2D eigenvalue weighted by molar-refractivity contribution is -0.115. The van der Waals surface area contributed by atoms with E-state index in [1.54, 1.807) is 11.8 Å². The molecular weight excluding hydrogens is 527 g/mol. The number of anilines is 3. The minimum atomic E-state index is -0.467. The second-order valence-electron chi connectivity index (χ2n) is 7.69. The van der Waals surface area contributed by atoms with E-state index >= 15 is 0 Å². The number of aryl methyl sites for hydroxylation is 1. The molecule has 184 valence electrons. The van der Waals surface area contributed by atoms with E-state index in [2.05, 4.69) is 25.3 Å². The van der Waals surface area contributed by atoms with Crippen LogP contribution in [0.4, 0.5) is 16.5 Å².